The summed E-state index contributed by atoms with van der Waals surface area (Å²) >= 11 is 9.63. The SMILES string of the molecule is N#Cc1cccc(CC(Cc2ccc(Cl)cc2)CN(C(=O)C2CCCC2)c2cncc(Br)c2)c1. The van der Waals surface area contributed by atoms with Crippen molar-refractivity contribution in [2.75, 3.05) is 11.4 Å². The second-order valence-electron chi connectivity index (χ2n) is 9.00. The number of rotatable bonds is 8. The molecule has 0 N–H and O–H groups in total. The maximum atomic E-state index is 13.7. The van der Waals surface area contributed by atoms with E-state index in [1.54, 1.807) is 12.4 Å². The molecular formula is C28H27BrClN3O. The van der Waals surface area contributed by atoms with Gasteiger partial charge in [0.1, 0.15) is 0 Å². The Labute approximate surface area is 214 Å². The highest BCUT2D eigenvalue weighted by atomic mass is 79.9. The molecule has 1 heterocycles. The topological polar surface area (TPSA) is 57.0 Å². The van der Waals surface area contributed by atoms with Crippen molar-refractivity contribution in [2.24, 2.45) is 11.8 Å². The van der Waals surface area contributed by atoms with E-state index in [4.69, 9.17) is 11.6 Å². The second-order valence-corrected chi connectivity index (χ2v) is 10.4. The van der Waals surface area contributed by atoms with E-state index < -0.39 is 0 Å². The summed E-state index contributed by atoms with van der Waals surface area (Å²) in [6.07, 6.45) is 9.17. The first-order chi connectivity index (χ1) is 16.5. The Kier molecular flexibility index (Phi) is 8.37. The van der Waals surface area contributed by atoms with Gasteiger partial charge in [0.2, 0.25) is 5.91 Å². The number of hydrogen-bond acceptors (Lipinski definition) is 3. The second kappa shape index (κ2) is 11.6. The monoisotopic (exact) mass is 535 g/mol. The van der Waals surface area contributed by atoms with Crippen molar-refractivity contribution >= 4 is 39.1 Å². The van der Waals surface area contributed by atoms with Crippen LogP contribution in [0.5, 0.6) is 0 Å². The molecule has 174 valence electrons. The highest BCUT2D eigenvalue weighted by Crippen LogP contribution is 2.31. The number of hydrogen-bond donors (Lipinski definition) is 0. The average Bonchev–Trinajstić information content (AvgIpc) is 3.39. The minimum atomic E-state index is 0.0667. The molecule has 1 amide bonds. The number of carbonyl (C=O) groups is 1. The molecule has 0 radical (unpaired) electrons. The molecule has 1 aliphatic carbocycles. The van der Waals surface area contributed by atoms with Crippen LogP contribution in [0.3, 0.4) is 0 Å². The van der Waals surface area contributed by atoms with E-state index in [1.165, 1.54) is 5.56 Å². The Hall–Kier alpha value is -2.68. The number of benzene rings is 2. The van der Waals surface area contributed by atoms with Crippen LogP contribution in [0.2, 0.25) is 5.02 Å². The minimum Gasteiger partial charge on any atom is -0.310 e. The van der Waals surface area contributed by atoms with Gasteiger partial charge in [0.25, 0.3) is 0 Å². The Bertz CT molecular complexity index is 1170. The summed E-state index contributed by atoms with van der Waals surface area (Å²) in [6.45, 7) is 0.576. The number of carbonyl (C=O) groups excluding carboxylic acids is 1. The van der Waals surface area contributed by atoms with Crippen LogP contribution >= 0.6 is 27.5 Å². The lowest BCUT2D eigenvalue weighted by Crippen LogP contribution is -2.40. The number of aromatic nitrogens is 1. The van der Waals surface area contributed by atoms with Crippen molar-refractivity contribution in [1.29, 1.82) is 5.26 Å². The zero-order chi connectivity index (χ0) is 23.9. The van der Waals surface area contributed by atoms with E-state index in [0.29, 0.717) is 17.1 Å². The molecule has 0 bridgehead atoms. The van der Waals surface area contributed by atoms with Crippen molar-refractivity contribution < 1.29 is 4.79 Å². The highest BCUT2D eigenvalue weighted by molar-refractivity contribution is 9.10. The van der Waals surface area contributed by atoms with Crippen LogP contribution in [0.4, 0.5) is 5.69 Å². The fourth-order valence-corrected chi connectivity index (χ4v) is 5.26. The molecule has 3 aromatic rings. The van der Waals surface area contributed by atoms with Crippen molar-refractivity contribution in [2.45, 2.75) is 38.5 Å². The summed E-state index contributed by atoms with van der Waals surface area (Å²) in [4.78, 5) is 19.9. The number of amides is 1. The summed E-state index contributed by atoms with van der Waals surface area (Å²) in [5, 5.41) is 10.1. The molecule has 1 fully saturated rings. The largest absolute Gasteiger partial charge is 0.310 e. The Morgan fingerprint density at radius 3 is 2.53 bits per heavy atom. The van der Waals surface area contributed by atoms with E-state index in [9.17, 15) is 10.1 Å². The lowest BCUT2D eigenvalue weighted by molar-refractivity contribution is -0.122. The third-order valence-corrected chi connectivity index (χ3v) is 7.12. The van der Waals surface area contributed by atoms with Crippen molar-refractivity contribution in [1.82, 2.24) is 4.98 Å². The molecule has 0 saturated heterocycles. The molecule has 0 aliphatic heterocycles. The minimum absolute atomic E-state index is 0.0667. The predicted octanol–water partition coefficient (Wildman–Crippen LogP) is 6.99. The molecule has 1 saturated carbocycles. The summed E-state index contributed by atoms with van der Waals surface area (Å²) < 4.78 is 0.852. The van der Waals surface area contributed by atoms with E-state index in [2.05, 4.69) is 33.0 Å². The molecule has 4 rings (SSSR count). The Morgan fingerprint density at radius 1 is 1.09 bits per heavy atom. The van der Waals surface area contributed by atoms with Crippen LogP contribution in [0.25, 0.3) is 0 Å². The zero-order valence-corrected chi connectivity index (χ0v) is 21.3. The third-order valence-electron chi connectivity index (χ3n) is 6.43. The van der Waals surface area contributed by atoms with Gasteiger partial charge >= 0.3 is 0 Å². The van der Waals surface area contributed by atoms with Gasteiger partial charge in [-0.3, -0.25) is 9.78 Å². The highest BCUT2D eigenvalue weighted by Gasteiger charge is 2.30. The summed E-state index contributed by atoms with van der Waals surface area (Å²) in [7, 11) is 0. The van der Waals surface area contributed by atoms with E-state index >= 15 is 0 Å². The van der Waals surface area contributed by atoms with Gasteiger partial charge in [-0.2, -0.15) is 5.26 Å². The first-order valence-corrected chi connectivity index (χ1v) is 12.8. The van der Waals surface area contributed by atoms with Gasteiger partial charge in [-0.1, -0.05) is 48.7 Å². The lowest BCUT2D eigenvalue weighted by atomic mass is 9.91. The molecule has 1 aliphatic rings. The van der Waals surface area contributed by atoms with E-state index in [-0.39, 0.29) is 17.7 Å². The predicted molar refractivity (Wildman–Crippen MR) is 140 cm³/mol. The van der Waals surface area contributed by atoms with Crippen molar-refractivity contribution in [3.63, 3.8) is 0 Å². The number of anilines is 1. The third kappa shape index (κ3) is 6.46. The van der Waals surface area contributed by atoms with E-state index in [1.807, 2.05) is 53.4 Å². The summed E-state index contributed by atoms with van der Waals surface area (Å²) in [5.74, 6) is 0.404. The Balaban J connectivity index is 1.65. The standard InChI is InChI=1S/C28H27BrClN3O/c29-25-15-27(18-32-17-25)33(28(34)24-6-1-2-7-24)19-23(12-20-8-10-26(30)11-9-20)14-21-4-3-5-22(13-21)16-31/h3-5,8-11,13,15,17-18,23-24H,1-2,6-7,12,14,19H2. The van der Waals surface area contributed by atoms with E-state index in [0.717, 1.165) is 54.2 Å². The van der Waals surface area contributed by atoms with Gasteiger partial charge in [0.15, 0.2) is 0 Å². The van der Waals surface area contributed by atoms with Gasteiger partial charge in [-0.25, -0.2) is 0 Å². The summed E-state index contributed by atoms with van der Waals surface area (Å²) in [6, 6.07) is 19.8. The number of nitrogens with zero attached hydrogens (tertiary/aromatic N) is 3. The molecule has 0 spiro atoms. The first-order valence-electron chi connectivity index (χ1n) is 11.7. The maximum absolute atomic E-state index is 13.7. The van der Waals surface area contributed by atoms with Gasteiger partial charge < -0.3 is 4.90 Å². The van der Waals surface area contributed by atoms with Gasteiger partial charge in [0, 0.05) is 28.2 Å². The number of halogens is 2. The Morgan fingerprint density at radius 2 is 1.82 bits per heavy atom. The fraction of sp³-hybridized carbons (Fsp3) is 0.321. The lowest BCUT2D eigenvalue weighted by Gasteiger charge is -2.30. The quantitative estimate of drug-likeness (QED) is 0.312. The fourth-order valence-electron chi connectivity index (χ4n) is 4.78. The molecule has 2 aromatic carbocycles. The normalized spacial score (nSPS) is 14.5. The molecule has 34 heavy (non-hydrogen) atoms. The van der Waals surface area contributed by atoms with Crippen LogP contribution < -0.4 is 4.90 Å². The zero-order valence-electron chi connectivity index (χ0n) is 19.0. The van der Waals surface area contributed by atoms with Gasteiger partial charge in [-0.15, -0.1) is 0 Å². The van der Waals surface area contributed by atoms with Crippen molar-refractivity contribution in [3.8, 4) is 6.07 Å². The first kappa shape index (κ1) is 24.4. The molecule has 1 aromatic heterocycles. The van der Waals surface area contributed by atoms with Crippen LogP contribution in [0, 0.1) is 23.2 Å². The maximum Gasteiger partial charge on any atom is 0.230 e. The molecular weight excluding hydrogens is 510 g/mol. The van der Waals surface area contributed by atoms with Crippen LogP contribution in [0.15, 0.2) is 71.5 Å². The van der Waals surface area contributed by atoms with Crippen LogP contribution in [-0.4, -0.2) is 17.4 Å². The van der Waals surface area contributed by atoms with Crippen LogP contribution in [-0.2, 0) is 17.6 Å². The molecule has 4 nitrogen and oxygen atoms in total. The smallest absolute Gasteiger partial charge is 0.230 e. The molecule has 6 heteroatoms. The molecule has 1 unspecified atom stereocenters. The number of pyridine rings is 1. The summed E-state index contributed by atoms with van der Waals surface area (Å²) in [5.41, 5.74) is 3.74. The average molecular weight is 537 g/mol. The number of nitriles is 1. The molecule has 1 atom stereocenters. The van der Waals surface area contributed by atoms with Gasteiger partial charge in [-0.05, 0) is 89.0 Å². The van der Waals surface area contributed by atoms with Gasteiger partial charge in [0.05, 0.1) is 23.5 Å². The van der Waals surface area contributed by atoms with Crippen molar-refractivity contribution in [3.05, 3.63) is 93.2 Å². The van der Waals surface area contributed by atoms with Crippen LogP contribution in [0.1, 0.15) is 42.4 Å².